The number of phenolic OH excluding ortho intramolecular Hbond substituents is 1. The number of rotatable bonds is 3. The molecule has 0 amide bonds. The van der Waals surface area contributed by atoms with Crippen LogP contribution < -0.4 is 0 Å². The molecule has 1 heterocycles. The molecule has 0 bridgehead atoms. The molecule has 4 heteroatoms. The molecule has 10 aromatic rings. The summed E-state index contributed by atoms with van der Waals surface area (Å²) in [5.41, 5.74) is 12.2. The lowest BCUT2D eigenvalue weighted by molar-refractivity contribution is 0.476. The van der Waals surface area contributed by atoms with E-state index in [4.69, 9.17) is 15.0 Å². The summed E-state index contributed by atoms with van der Waals surface area (Å²) >= 11 is 0. The Morgan fingerprint density at radius 2 is 0.768 bits per heavy atom. The number of hydrogen-bond acceptors (Lipinski definition) is 4. The summed E-state index contributed by atoms with van der Waals surface area (Å²) in [4.78, 5) is 15.3. The van der Waals surface area contributed by atoms with Crippen LogP contribution in [0, 0.1) is 0 Å². The Balaban J connectivity index is 1.19. The highest BCUT2D eigenvalue weighted by Gasteiger charge is 2.52. The lowest BCUT2D eigenvalue weighted by Crippen LogP contribution is -2.26. The normalized spacial score (nSPS) is 13.2. The van der Waals surface area contributed by atoms with Gasteiger partial charge in [-0.05, 0) is 107 Å². The zero-order valence-corrected chi connectivity index (χ0v) is 30.1. The molecule has 0 saturated carbocycles. The predicted octanol–water partition coefficient (Wildman–Crippen LogP) is 12.4. The van der Waals surface area contributed by atoms with Crippen molar-refractivity contribution in [3.8, 4) is 62.2 Å². The number of nitrogens with zero attached hydrogens (tertiary/aromatic N) is 3. The first kappa shape index (κ1) is 31.0. The van der Waals surface area contributed by atoms with E-state index in [2.05, 4.69) is 109 Å². The molecule has 0 saturated heterocycles. The maximum absolute atomic E-state index is 10.7. The van der Waals surface area contributed by atoms with Crippen LogP contribution in [0.3, 0.4) is 0 Å². The second-order valence-electron chi connectivity index (χ2n) is 14.9. The zero-order chi connectivity index (χ0) is 37.0. The number of aromatic hydroxyl groups is 1. The standard InChI is InChI=1S/C52H31N3O/c56-34-24-26-37-41(28-34)35-17-7-8-18-36(35)42-29-44-40-25-23-33(51-54-49(31-13-3-1-4-14-31)53-50(55-51)32-15-5-2-6-16-32)27-47(40)52(48(44)30-43(37)42)45-21-11-9-19-38(45)39-20-10-12-22-46(39)52/h1-30,56H. The minimum Gasteiger partial charge on any atom is -0.508 e. The molecule has 12 rings (SSSR count). The van der Waals surface area contributed by atoms with Crippen LogP contribution in [0.2, 0.25) is 0 Å². The number of aromatic nitrogens is 3. The van der Waals surface area contributed by atoms with Gasteiger partial charge in [-0.2, -0.15) is 0 Å². The smallest absolute Gasteiger partial charge is 0.164 e. The minimum atomic E-state index is -0.589. The van der Waals surface area contributed by atoms with Crippen LogP contribution in [0.25, 0.3) is 88.7 Å². The van der Waals surface area contributed by atoms with Gasteiger partial charge in [0.2, 0.25) is 0 Å². The molecule has 0 radical (unpaired) electrons. The summed E-state index contributed by atoms with van der Waals surface area (Å²) in [7, 11) is 0. The topological polar surface area (TPSA) is 58.9 Å². The maximum Gasteiger partial charge on any atom is 0.164 e. The monoisotopic (exact) mass is 713 g/mol. The van der Waals surface area contributed by atoms with E-state index in [0.29, 0.717) is 17.5 Å². The van der Waals surface area contributed by atoms with Crippen molar-refractivity contribution in [3.63, 3.8) is 0 Å². The van der Waals surface area contributed by atoms with E-state index in [1.807, 2.05) is 72.8 Å². The SMILES string of the molecule is Oc1ccc2c(c1)c1ccccc1c1cc3c(cc21)C1(c2ccccc2-c2ccccc21)c1cc(-c2nc(-c4ccccc4)nc(-c4ccccc4)n2)ccc1-3. The van der Waals surface area contributed by atoms with Crippen LogP contribution in [0.4, 0.5) is 0 Å². The molecule has 0 unspecified atom stereocenters. The molecule has 56 heavy (non-hydrogen) atoms. The van der Waals surface area contributed by atoms with E-state index in [1.165, 1.54) is 60.7 Å². The van der Waals surface area contributed by atoms with Crippen LogP contribution >= 0.6 is 0 Å². The van der Waals surface area contributed by atoms with Gasteiger partial charge in [0.25, 0.3) is 0 Å². The van der Waals surface area contributed by atoms with Gasteiger partial charge >= 0.3 is 0 Å². The molecule has 0 atom stereocenters. The van der Waals surface area contributed by atoms with E-state index in [-0.39, 0.29) is 5.75 Å². The Morgan fingerprint density at radius 3 is 1.39 bits per heavy atom. The summed E-state index contributed by atoms with van der Waals surface area (Å²) in [6.07, 6.45) is 0. The third-order valence-electron chi connectivity index (χ3n) is 12.0. The zero-order valence-electron chi connectivity index (χ0n) is 30.1. The van der Waals surface area contributed by atoms with Crippen molar-refractivity contribution >= 4 is 32.3 Å². The average molecular weight is 714 g/mol. The second kappa shape index (κ2) is 11.5. The lowest BCUT2D eigenvalue weighted by atomic mass is 9.70. The van der Waals surface area contributed by atoms with Crippen LogP contribution in [-0.2, 0) is 5.41 Å². The van der Waals surface area contributed by atoms with Crippen molar-refractivity contribution in [3.05, 3.63) is 204 Å². The molecule has 0 fully saturated rings. The fourth-order valence-corrected chi connectivity index (χ4v) is 9.65. The van der Waals surface area contributed by atoms with Gasteiger partial charge in [0, 0.05) is 16.7 Å². The molecule has 260 valence electrons. The largest absolute Gasteiger partial charge is 0.508 e. The van der Waals surface area contributed by atoms with E-state index in [0.717, 1.165) is 32.8 Å². The highest BCUT2D eigenvalue weighted by molar-refractivity contribution is 6.26. The minimum absolute atomic E-state index is 0.266. The molecule has 0 aliphatic heterocycles. The molecule has 9 aromatic carbocycles. The highest BCUT2D eigenvalue weighted by atomic mass is 16.3. The van der Waals surface area contributed by atoms with E-state index in [1.54, 1.807) is 0 Å². The first-order chi connectivity index (χ1) is 27.7. The van der Waals surface area contributed by atoms with E-state index >= 15 is 0 Å². The van der Waals surface area contributed by atoms with Crippen molar-refractivity contribution in [2.45, 2.75) is 5.41 Å². The maximum atomic E-state index is 10.7. The fourth-order valence-electron chi connectivity index (χ4n) is 9.65. The van der Waals surface area contributed by atoms with Gasteiger partial charge in [0.05, 0.1) is 5.41 Å². The Kier molecular flexibility index (Phi) is 6.38. The van der Waals surface area contributed by atoms with Gasteiger partial charge in [0.15, 0.2) is 17.5 Å². The van der Waals surface area contributed by atoms with Crippen LogP contribution in [0.15, 0.2) is 182 Å². The lowest BCUT2D eigenvalue weighted by Gasteiger charge is -2.31. The van der Waals surface area contributed by atoms with Crippen molar-refractivity contribution in [1.29, 1.82) is 0 Å². The summed E-state index contributed by atoms with van der Waals surface area (Å²) in [6, 6.07) is 64.1. The number of fused-ring (bicyclic) bond motifs is 16. The van der Waals surface area contributed by atoms with E-state index in [9.17, 15) is 5.11 Å². The Bertz CT molecular complexity index is 3160. The summed E-state index contributed by atoms with van der Waals surface area (Å²) in [5, 5.41) is 17.5. The van der Waals surface area contributed by atoms with Gasteiger partial charge in [-0.25, -0.2) is 15.0 Å². The molecule has 2 aliphatic rings. The molecular formula is C52H31N3O. The first-order valence-electron chi connectivity index (χ1n) is 19.0. The molecular weight excluding hydrogens is 683 g/mol. The number of benzene rings is 9. The second-order valence-corrected chi connectivity index (χ2v) is 14.9. The average Bonchev–Trinajstić information content (AvgIpc) is 3.73. The third kappa shape index (κ3) is 4.21. The first-order valence-corrected chi connectivity index (χ1v) is 19.0. The van der Waals surface area contributed by atoms with Gasteiger partial charge in [-0.3, -0.25) is 0 Å². The van der Waals surface area contributed by atoms with Crippen molar-refractivity contribution in [1.82, 2.24) is 15.0 Å². The number of hydrogen-bond donors (Lipinski definition) is 1. The van der Waals surface area contributed by atoms with Gasteiger partial charge < -0.3 is 5.11 Å². The predicted molar refractivity (Wildman–Crippen MR) is 227 cm³/mol. The van der Waals surface area contributed by atoms with Gasteiger partial charge in [0.1, 0.15) is 5.75 Å². The fraction of sp³-hybridized carbons (Fsp3) is 0.0192. The Hall–Kier alpha value is -7.43. The van der Waals surface area contributed by atoms with Gasteiger partial charge in [-0.1, -0.05) is 152 Å². The Labute approximate surface area is 323 Å². The molecule has 2 aliphatic carbocycles. The quantitative estimate of drug-likeness (QED) is 0.185. The highest BCUT2D eigenvalue weighted by Crippen LogP contribution is 2.64. The molecule has 4 nitrogen and oxygen atoms in total. The Morgan fingerprint density at radius 1 is 0.304 bits per heavy atom. The van der Waals surface area contributed by atoms with Crippen molar-refractivity contribution in [2.24, 2.45) is 0 Å². The number of phenols is 1. The van der Waals surface area contributed by atoms with Crippen molar-refractivity contribution < 1.29 is 5.11 Å². The summed E-state index contributed by atoms with van der Waals surface area (Å²) in [6.45, 7) is 0. The van der Waals surface area contributed by atoms with Crippen LogP contribution in [0.1, 0.15) is 22.3 Å². The van der Waals surface area contributed by atoms with Crippen LogP contribution in [-0.4, -0.2) is 20.1 Å². The summed E-state index contributed by atoms with van der Waals surface area (Å²) in [5.74, 6) is 2.18. The van der Waals surface area contributed by atoms with Gasteiger partial charge in [-0.15, -0.1) is 0 Å². The molecule has 1 N–H and O–H groups in total. The van der Waals surface area contributed by atoms with Crippen LogP contribution in [0.5, 0.6) is 5.75 Å². The third-order valence-corrected chi connectivity index (χ3v) is 12.0. The van der Waals surface area contributed by atoms with Crippen molar-refractivity contribution in [2.75, 3.05) is 0 Å². The van der Waals surface area contributed by atoms with E-state index < -0.39 is 5.41 Å². The molecule has 1 spiro atoms. The molecule has 1 aromatic heterocycles. The summed E-state index contributed by atoms with van der Waals surface area (Å²) < 4.78 is 0.